The van der Waals surface area contributed by atoms with Crippen LogP contribution in [0.25, 0.3) is 0 Å². The molecular weight excluding hydrogens is 464 g/mol. The molecule has 0 saturated carbocycles. The highest BCUT2D eigenvalue weighted by Crippen LogP contribution is 2.27. The lowest BCUT2D eigenvalue weighted by Gasteiger charge is -2.24. The summed E-state index contributed by atoms with van der Waals surface area (Å²) >= 11 is 0. The summed E-state index contributed by atoms with van der Waals surface area (Å²) in [6, 6.07) is 21.0. The lowest BCUT2D eigenvalue weighted by Crippen LogP contribution is -2.41. The molecule has 8 heteroatoms. The first-order valence-electron chi connectivity index (χ1n) is 11.6. The van der Waals surface area contributed by atoms with Gasteiger partial charge in [-0.3, -0.25) is 9.10 Å². The zero-order chi connectivity index (χ0) is 25.3. The molecule has 3 aromatic rings. The molecule has 0 fully saturated rings. The van der Waals surface area contributed by atoms with Crippen molar-refractivity contribution in [3.05, 3.63) is 83.9 Å². The molecule has 7 nitrogen and oxygen atoms in total. The van der Waals surface area contributed by atoms with Gasteiger partial charge in [-0.15, -0.1) is 0 Å². The Kier molecular flexibility index (Phi) is 9.14. The lowest BCUT2D eigenvalue weighted by atomic mass is 10.1. The van der Waals surface area contributed by atoms with Gasteiger partial charge in [0, 0.05) is 12.6 Å². The Balaban J connectivity index is 1.71. The van der Waals surface area contributed by atoms with Crippen molar-refractivity contribution in [2.75, 3.05) is 31.1 Å². The van der Waals surface area contributed by atoms with Gasteiger partial charge >= 0.3 is 0 Å². The van der Waals surface area contributed by atoms with Crippen molar-refractivity contribution in [2.24, 2.45) is 0 Å². The number of sulfonamides is 1. The molecule has 0 atom stereocenters. The molecule has 0 unspecified atom stereocenters. The van der Waals surface area contributed by atoms with Gasteiger partial charge in [0.05, 0.1) is 24.3 Å². The fraction of sp³-hybridized carbons (Fsp3) is 0.296. The van der Waals surface area contributed by atoms with Crippen molar-refractivity contribution in [2.45, 2.75) is 31.6 Å². The third-order valence-electron chi connectivity index (χ3n) is 5.46. The van der Waals surface area contributed by atoms with E-state index in [9.17, 15) is 13.2 Å². The van der Waals surface area contributed by atoms with E-state index in [1.54, 1.807) is 48.5 Å². The number of carbonyl (C=O) groups excluding carboxylic acids is 1. The van der Waals surface area contributed by atoms with Crippen molar-refractivity contribution >= 4 is 21.6 Å². The van der Waals surface area contributed by atoms with Crippen LogP contribution in [0, 0.1) is 6.92 Å². The van der Waals surface area contributed by atoms with Crippen molar-refractivity contribution in [1.29, 1.82) is 0 Å². The number of methoxy groups -OCH3 is 1. The first-order chi connectivity index (χ1) is 16.8. The minimum Gasteiger partial charge on any atom is -0.497 e. The minimum absolute atomic E-state index is 0.117. The van der Waals surface area contributed by atoms with Gasteiger partial charge in [0.15, 0.2) is 0 Å². The summed E-state index contributed by atoms with van der Waals surface area (Å²) in [5.74, 6) is 0.955. The summed E-state index contributed by atoms with van der Waals surface area (Å²) in [4.78, 5) is 12.9. The summed E-state index contributed by atoms with van der Waals surface area (Å²) in [5, 5.41) is 2.85. The van der Waals surface area contributed by atoms with E-state index in [2.05, 4.69) is 5.32 Å². The van der Waals surface area contributed by atoms with Crippen molar-refractivity contribution < 1.29 is 22.7 Å². The molecule has 35 heavy (non-hydrogen) atoms. The van der Waals surface area contributed by atoms with Crippen molar-refractivity contribution in [3.63, 3.8) is 0 Å². The van der Waals surface area contributed by atoms with Crippen LogP contribution in [-0.4, -0.2) is 41.1 Å². The summed E-state index contributed by atoms with van der Waals surface area (Å²) < 4.78 is 39.0. The Morgan fingerprint density at radius 1 is 1.00 bits per heavy atom. The topological polar surface area (TPSA) is 84.9 Å². The van der Waals surface area contributed by atoms with Crippen LogP contribution in [0.4, 0.5) is 5.69 Å². The molecule has 3 aromatic carbocycles. The Morgan fingerprint density at radius 2 is 1.74 bits per heavy atom. The SMILES string of the molecule is CCOc1ccccc1CCCNC(=O)CN(c1cccc(OC)c1)S(=O)(=O)c1ccc(C)cc1. The average Bonchev–Trinajstić information content (AvgIpc) is 2.86. The number of ether oxygens (including phenoxy) is 2. The smallest absolute Gasteiger partial charge is 0.264 e. The average molecular weight is 497 g/mol. The van der Waals surface area contributed by atoms with E-state index >= 15 is 0 Å². The third-order valence-corrected chi connectivity index (χ3v) is 7.24. The fourth-order valence-corrected chi connectivity index (χ4v) is 5.03. The Bertz CT molecular complexity index is 1230. The summed E-state index contributed by atoms with van der Waals surface area (Å²) in [7, 11) is -2.47. The minimum atomic E-state index is -3.98. The van der Waals surface area contributed by atoms with Crippen LogP contribution in [0.5, 0.6) is 11.5 Å². The van der Waals surface area contributed by atoms with Crippen LogP contribution in [0.3, 0.4) is 0 Å². The predicted molar refractivity (Wildman–Crippen MR) is 138 cm³/mol. The van der Waals surface area contributed by atoms with Gasteiger partial charge in [0.1, 0.15) is 18.0 Å². The van der Waals surface area contributed by atoms with Gasteiger partial charge in [0.2, 0.25) is 5.91 Å². The maximum Gasteiger partial charge on any atom is 0.264 e. The Hall–Kier alpha value is -3.52. The highest BCUT2D eigenvalue weighted by atomic mass is 32.2. The normalized spacial score (nSPS) is 11.1. The van der Waals surface area contributed by atoms with Gasteiger partial charge in [-0.2, -0.15) is 0 Å². The number of hydrogen-bond acceptors (Lipinski definition) is 5. The number of anilines is 1. The van der Waals surface area contributed by atoms with Crippen LogP contribution in [0.1, 0.15) is 24.5 Å². The van der Waals surface area contributed by atoms with E-state index in [4.69, 9.17) is 9.47 Å². The first kappa shape index (κ1) is 26.1. The molecule has 0 aromatic heterocycles. The highest BCUT2D eigenvalue weighted by Gasteiger charge is 2.27. The van der Waals surface area contributed by atoms with Crippen LogP contribution in [-0.2, 0) is 21.2 Å². The van der Waals surface area contributed by atoms with Crippen LogP contribution >= 0.6 is 0 Å². The molecule has 1 amide bonds. The molecule has 0 radical (unpaired) electrons. The number of carbonyl (C=O) groups is 1. The second-order valence-electron chi connectivity index (χ2n) is 8.02. The third kappa shape index (κ3) is 6.99. The second-order valence-corrected chi connectivity index (χ2v) is 9.88. The zero-order valence-electron chi connectivity index (χ0n) is 20.4. The van der Waals surface area contributed by atoms with E-state index in [0.717, 1.165) is 27.6 Å². The molecule has 0 aliphatic heterocycles. The number of nitrogens with zero attached hydrogens (tertiary/aromatic N) is 1. The molecule has 3 rings (SSSR count). The largest absolute Gasteiger partial charge is 0.497 e. The Labute approximate surface area is 207 Å². The maximum atomic E-state index is 13.5. The summed E-state index contributed by atoms with van der Waals surface area (Å²) in [6.45, 7) is 4.48. The van der Waals surface area contributed by atoms with Crippen LogP contribution in [0.15, 0.2) is 77.7 Å². The maximum absolute atomic E-state index is 13.5. The van der Waals surface area contributed by atoms with E-state index in [-0.39, 0.29) is 17.3 Å². The number of aryl methyl sites for hydroxylation is 2. The molecular formula is C27H32N2O5S. The Morgan fingerprint density at radius 3 is 2.46 bits per heavy atom. The quantitative estimate of drug-likeness (QED) is 0.377. The molecule has 0 saturated heterocycles. The fourth-order valence-electron chi connectivity index (χ4n) is 3.62. The van der Waals surface area contributed by atoms with Gasteiger partial charge in [-0.05, 0) is 62.6 Å². The van der Waals surface area contributed by atoms with E-state index < -0.39 is 10.0 Å². The molecule has 0 aliphatic rings. The molecule has 0 aliphatic carbocycles. The molecule has 1 N–H and O–H groups in total. The number of hydrogen-bond donors (Lipinski definition) is 1. The van der Waals surface area contributed by atoms with Crippen molar-refractivity contribution in [1.82, 2.24) is 5.32 Å². The van der Waals surface area contributed by atoms with E-state index in [0.29, 0.717) is 31.0 Å². The zero-order valence-corrected chi connectivity index (χ0v) is 21.2. The van der Waals surface area contributed by atoms with Gasteiger partial charge in [-0.1, -0.05) is 42.0 Å². The standard InChI is InChI=1S/C27H32N2O5S/c1-4-34-26-13-6-5-9-22(26)10-8-18-28-27(30)20-29(23-11-7-12-24(19-23)33-3)35(31,32)25-16-14-21(2)15-17-25/h5-7,9,11-17,19H,4,8,10,18,20H2,1-3H3,(H,28,30). The second kappa shape index (κ2) is 12.3. The van der Waals surface area contributed by atoms with E-state index in [1.807, 2.05) is 38.1 Å². The van der Waals surface area contributed by atoms with Gasteiger partial charge < -0.3 is 14.8 Å². The predicted octanol–water partition coefficient (Wildman–Crippen LogP) is 4.35. The monoisotopic (exact) mass is 496 g/mol. The molecule has 0 heterocycles. The number of para-hydroxylation sites is 1. The molecule has 0 bridgehead atoms. The summed E-state index contributed by atoms with van der Waals surface area (Å²) in [6.07, 6.45) is 1.43. The van der Waals surface area contributed by atoms with Crippen molar-refractivity contribution in [3.8, 4) is 11.5 Å². The van der Waals surface area contributed by atoms with E-state index in [1.165, 1.54) is 7.11 Å². The van der Waals surface area contributed by atoms with Gasteiger partial charge in [0.25, 0.3) is 10.0 Å². The van der Waals surface area contributed by atoms with Crippen LogP contribution < -0.4 is 19.1 Å². The summed E-state index contributed by atoms with van der Waals surface area (Å²) in [5.41, 5.74) is 2.37. The number of amides is 1. The molecule has 186 valence electrons. The number of benzene rings is 3. The number of rotatable bonds is 12. The lowest BCUT2D eigenvalue weighted by molar-refractivity contribution is -0.119. The first-order valence-corrected chi connectivity index (χ1v) is 13.0. The number of nitrogens with one attached hydrogen (secondary N) is 1. The van der Waals surface area contributed by atoms with Crippen LogP contribution in [0.2, 0.25) is 0 Å². The molecule has 0 spiro atoms. The van der Waals surface area contributed by atoms with Gasteiger partial charge in [-0.25, -0.2) is 8.42 Å². The highest BCUT2D eigenvalue weighted by molar-refractivity contribution is 7.92.